The smallest absolute Gasteiger partial charge is 0.198 e. The van der Waals surface area contributed by atoms with Crippen LogP contribution in [0.3, 0.4) is 0 Å². The molecule has 0 spiro atoms. The van der Waals surface area contributed by atoms with E-state index in [1.165, 1.54) is 0 Å². The van der Waals surface area contributed by atoms with Crippen LogP contribution in [-0.2, 0) is 6.54 Å². The molecule has 3 rings (SSSR count). The number of hydrogen-bond acceptors (Lipinski definition) is 4. The van der Waals surface area contributed by atoms with Gasteiger partial charge in [0.05, 0.1) is 26.3 Å². The molecule has 0 aliphatic heterocycles. The maximum Gasteiger partial charge on any atom is 0.198 e. The summed E-state index contributed by atoms with van der Waals surface area (Å²) in [7, 11) is 3.19. The first-order chi connectivity index (χ1) is 11.6. The third-order valence-corrected chi connectivity index (χ3v) is 3.96. The van der Waals surface area contributed by atoms with Gasteiger partial charge in [-0.15, -0.1) is 0 Å². The molecule has 0 atom stereocenters. The minimum atomic E-state index is 0.0725. The summed E-state index contributed by atoms with van der Waals surface area (Å²) in [5.41, 5.74) is 2.40. The van der Waals surface area contributed by atoms with Crippen LogP contribution in [0.4, 0.5) is 0 Å². The van der Waals surface area contributed by atoms with Crippen LogP contribution in [0.5, 0.6) is 17.4 Å². The Hall–Kier alpha value is -2.66. The summed E-state index contributed by atoms with van der Waals surface area (Å²) in [6, 6.07) is 11.0. The maximum atomic E-state index is 10.0. The van der Waals surface area contributed by atoms with Crippen LogP contribution in [0.2, 0.25) is 5.02 Å². The normalized spacial score (nSPS) is 11.3. The molecule has 0 bridgehead atoms. The van der Waals surface area contributed by atoms with Crippen molar-refractivity contribution in [1.29, 1.82) is 0 Å². The molecule has 0 radical (unpaired) electrons. The molecule has 0 aliphatic carbocycles. The van der Waals surface area contributed by atoms with Gasteiger partial charge in [-0.25, -0.2) is 0 Å². The van der Waals surface area contributed by atoms with E-state index in [2.05, 4.69) is 9.98 Å². The molecule has 0 amide bonds. The number of fused-ring (bicyclic) bond motifs is 1. The number of H-pyrrole nitrogens is 1. The minimum Gasteiger partial charge on any atom is -0.494 e. The van der Waals surface area contributed by atoms with Crippen molar-refractivity contribution in [3.8, 4) is 17.4 Å². The van der Waals surface area contributed by atoms with Gasteiger partial charge in [-0.05, 0) is 35.9 Å². The van der Waals surface area contributed by atoms with E-state index < -0.39 is 0 Å². The van der Waals surface area contributed by atoms with Crippen LogP contribution in [0.1, 0.15) is 11.1 Å². The van der Waals surface area contributed by atoms with Gasteiger partial charge in [0.1, 0.15) is 0 Å². The number of nitrogens with one attached hydrogen (secondary N) is 1. The Kier molecular flexibility index (Phi) is 4.62. The van der Waals surface area contributed by atoms with E-state index in [1.54, 1.807) is 32.6 Å². The van der Waals surface area contributed by atoms with Crippen molar-refractivity contribution >= 4 is 28.7 Å². The zero-order valence-electron chi connectivity index (χ0n) is 13.3. The van der Waals surface area contributed by atoms with Crippen molar-refractivity contribution in [3.05, 3.63) is 52.5 Å². The van der Waals surface area contributed by atoms with E-state index in [0.717, 1.165) is 16.5 Å². The molecule has 2 N–H and O–H groups in total. The summed E-state index contributed by atoms with van der Waals surface area (Å²) < 4.78 is 10.5. The van der Waals surface area contributed by atoms with Gasteiger partial charge in [-0.2, -0.15) is 0 Å². The third kappa shape index (κ3) is 3.16. The summed E-state index contributed by atoms with van der Waals surface area (Å²) in [5, 5.41) is 11.5. The zero-order valence-corrected chi connectivity index (χ0v) is 14.1. The summed E-state index contributed by atoms with van der Waals surface area (Å²) in [4.78, 5) is 7.32. The topological polar surface area (TPSA) is 66.8 Å². The summed E-state index contributed by atoms with van der Waals surface area (Å²) in [6.07, 6.45) is 1.64. The van der Waals surface area contributed by atoms with Crippen LogP contribution in [0, 0.1) is 0 Å². The second kappa shape index (κ2) is 6.84. The summed E-state index contributed by atoms with van der Waals surface area (Å²) in [5.74, 6) is 1.41. The van der Waals surface area contributed by atoms with Crippen molar-refractivity contribution in [1.82, 2.24) is 4.98 Å². The first-order valence-corrected chi connectivity index (χ1v) is 7.71. The highest BCUT2D eigenvalue weighted by atomic mass is 35.5. The molecule has 0 saturated heterocycles. The fourth-order valence-electron chi connectivity index (χ4n) is 2.52. The van der Waals surface area contributed by atoms with Gasteiger partial charge >= 0.3 is 0 Å². The van der Waals surface area contributed by atoms with Gasteiger partial charge in [-0.1, -0.05) is 17.7 Å². The first-order valence-electron chi connectivity index (χ1n) is 7.33. The highest BCUT2D eigenvalue weighted by Crippen LogP contribution is 2.29. The number of hydrogen-bond donors (Lipinski definition) is 2. The quantitative estimate of drug-likeness (QED) is 0.683. The molecule has 0 fully saturated rings. The Bertz CT molecular complexity index is 903. The summed E-state index contributed by atoms with van der Waals surface area (Å²) >= 11 is 6.03. The Morgan fingerprint density at radius 1 is 1.12 bits per heavy atom. The Morgan fingerprint density at radius 2 is 1.92 bits per heavy atom. The number of rotatable bonds is 5. The molecule has 0 saturated carbocycles. The van der Waals surface area contributed by atoms with Crippen LogP contribution in [0.25, 0.3) is 10.9 Å². The van der Waals surface area contributed by atoms with E-state index in [4.69, 9.17) is 21.1 Å². The number of aromatic hydroxyl groups is 1. The number of halogens is 1. The molecule has 0 unspecified atom stereocenters. The maximum absolute atomic E-state index is 10.0. The highest BCUT2D eigenvalue weighted by Gasteiger charge is 2.09. The molecule has 3 aromatic rings. The SMILES string of the molecule is COc1ccc(CN=Cc2c(O)[nH]c3ccc(Cl)cc23)cc1OC. The molecule has 1 heterocycles. The first kappa shape index (κ1) is 16.2. The number of nitrogens with zero attached hydrogens (tertiary/aromatic N) is 1. The molecule has 0 aliphatic rings. The molecule has 6 heteroatoms. The van der Waals surface area contributed by atoms with Gasteiger partial charge in [0.2, 0.25) is 0 Å². The van der Waals surface area contributed by atoms with Crippen LogP contribution in [0.15, 0.2) is 41.4 Å². The number of ether oxygens (including phenoxy) is 2. The van der Waals surface area contributed by atoms with Gasteiger partial charge in [0.15, 0.2) is 17.4 Å². The fraction of sp³-hybridized carbons (Fsp3) is 0.167. The lowest BCUT2D eigenvalue weighted by Gasteiger charge is -2.08. The Labute approximate surface area is 144 Å². The monoisotopic (exact) mass is 344 g/mol. The van der Waals surface area contributed by atoms with Crippen LogP contribution >= 0.6 is 11.6 Å². The average Bonchev–Trinajstić information content (AvgIpc) is 2.90. The van der Waals surface area contributed by atoms with Crippen molar-refractivity contribution < 1.29 is 14.6 Å². The lowest BCUT2D eigenvalue weighted by molar-refractivity contribution is 0.354. The second-order valence-corrected chi connectivity index (χ2v) is 5.67. The van der Waals surface area contributed by atoms with Crippen LogP contribution < -0.4 is 9.47 Å². The summed E-state index contributed by atoms with van der Waals surface area (Å²) in [6.45, 7) is 0.451. The van der Waals surface area contributed by atoms with Crippen molar-refractivity contribution in [2.75, 3.05) is 14.2 Å². The van der Waals surface area contributed by atoms with E-state index in [9.17, 15) is 5.11 Å². The van der Waals surface area contributed by atoms with Crippen molar-refractivity contribution in [3.63, 3.8) is 0 Å². The number of aromatic nitrogens is 1. The van der Waals surface area contributed by atoms with Crippen molar-refractivity contribution in [2.24, 2.45) is 4.99 Å². The van der Waals surface area contributed by atoms with E-state index in [0.29, 0.717) is 28.6 Å². The predicted molar refractivity (Wildman–Crippen MR) is 95.8 cm³/mol. The van der Waals surface area contributed by atoms with Gasteiger partial charge in [0, 0.05) is 22.1 Å². The standard InChI is InChI=1S/C18H17ClN2O3/c1-23-16-6-3-11(7-17(16)24-2)9-20-10-14-13-8-12(19)4-5-15(13)21-18(14)22/h3-8,10,21-22H,9H2,1-2H3. The molecule has 2 aromatic carbocycles. The van der Waals surface area contributed by atoms with Gasteiger partial charge < -0.3 is 19.6 Å². The number of benzene rings is 2. The molecule has 124 valence electrons. The molecule has 5 nitrogen and oxygen atoms in total. The fourth-order valence-corrected chi connectivity index (χ4v) is 2.69. The van der Waals surface area contributed by atoms with Gasteiger partial charge in [0.25, 0.3) is 0 Å². The lowest BCUT2D eigenvalue weighted by Crippen LogP contribution is -1.92. The average molecular weight is 345 g/mol. The zero-order chi connectivity index (χ0) is 17.1. The Balaban J connectivity index is 1.84. The molecule has 24 heavy (non-hydrogen) atoms. The largest absolute Gasteiger partial charge is 0.494 e. The predicted octanol–water partition coefficient (Wildman–Crippen LogP) is 4.16. The minimum absolute atomic E-state index is 0.0725. The van der Waals surface area contributed by atoms with Gasteiger partial charge in [-0.3, -0.25) is 4.99 Å². The Morgan fingerprint density at radius 3 is 2.67 bits per heavy atom. The van der Waals surface area contributed by atoms with Crippen LogP contribution in [-0.4, -0.2) is 30.5 Å². The van der Waals surface area contributed by atoms with Crippen molar-refractivity contribution in [2.45, 2.75) is 6.54 Å². The van der Waals surface area contributed by atoms with E-state index in [1.807, 2.05) is 24.3 Å². The molecular weight excluding hydrogens is 328 g/mol. The lowest BCUT2D eigenvalue weighted by atomic mass is 10.2. The van der Waals surface area contributed by atoms with E-state index in [-0.39, 0.29) is 5.88 Å². The van der Waals surface area contributed by atoms with E-state index >= 15 is 0 Å². The second-order valence-electron chi connectivity index (χ2n) is 5.24. The highest BCUT2D eigenvalue weighted by molar-refractivity contribution is 6.31. The number of aromatic amines is 1. The number of methoxy groups -OCH3 is 2. The molecule has 1 aromatic heterocycles. The third-order valence-electron chi connectivity index (χ3n) is 3.72. The number of aliphatic imine (C=N–C) groups is 1. The molecular formula is C18H17ClN2O3.